The SMILES string of the molecule is CCNC(=O)[C@H](C)OC(=O)[C@@H](CC(C)C)N1C(=O)c2ccccc2C1=O. The third-order valence-electron chi connectivity index (χ3n) is 4.12. The van der Waals surface area contributed by atoms with Crippen LogP contribution >= 0.6 is 0 Å². The van der Waals surface area contributed by atoms with Crippen LogP contribution in [0, 0.1) is 5.92 Å². The predicted octanol–water partition coefficient (Wildman–Crippen LogP) is 1.77. The molecule has 1 aromatic rings. The topological polar surface area (TPSA) is 92.8 Å². The summed E-state index contributed by atoms with van der Waals surface area (Å²) in [5.41, 5.74) is 0.548. The zero-order valence-corrected chi connectivity index (χ0v) is 15.4. The third-order valence-corrected chi connectivity index (χ3v) is 4.12. The Bertz CT molecular complexity index is 693. The number of nitrogens with one attached hydrogen (secondary N) is 1. The summed E-state index contributed by atoms with van der Waals surface area (Å²) in [5, 5.41) is 2.57. The first-order valence-electron chi connectivity index (χ1n) is 8.73. The number of carbonyl (C=O) groups is 4. The Hall–Kier alpha value is -2.70. The molecule has 2 rings (SSSR count). The zero-order valence-electron chi connectivity index (χ0n) is 15.4. The average Bonchev–Trinajstić information content (AvgIpc) is 2.84. The molecule has 7 heteroatoms. The summed E-state index contributed by atoms with van der Waals surface area (Å²) >= 11 is 0. The molecule has 0 radical (unpaired) electrons. The molecule has 0 saturated heterocycles. The van der Waals surface area contributed by atoms with Gasteiger partial charge < -0.3 is 10.1 Å². The molecule has 3 amide bonds. The van der Waals surface area contributed by atoms with E-state index in [1.165, 1.54) is 6.92 Å². The molecule has 1 aliphatic heterocycles. The highest BCUT2D eigenvalue weighted by Gasteiger charge is 2.44. The quantitative estimate of drug-likeness (QED) is 0.591. The smallest absolute Gasteiger partial charge is 0.330 e. The second-order valence-corrected chi connectivity index (χ2v) is 6.64. The van der Waals surface area contributed by atoms with Gasteiger partial charge in [-0.3, -0.25) is 19.3 Å². The molecule has 26 heavy (non-hydrogen) atoms. The second kappa shape index (κ2) is 8.12. The highest BCUT2D eigenvalue weighted by Crippen LogP contribution is 2.27. The Balaban J connectivity index is 2.25. The van der Waals surface area contributed by atoms with Gasteiger partial charge in [0.05, 0.1) is 11.1 Å². The molecule has 0 aliphatic carbocycles. The molecular weight excluding hydrogens is 336 g/mol. The second-order valence-electron chi connectivity index (χ2n) is 6.64. The van der Waals surface area contributed by atoms with Crippen molar-refractivity contribution in [2.45, 2.75) is 46.3 Å². The number of amides is 3. The van der Waals surface area contributed by atoms with Crippen LogP contribution in [0.15, 0.2) is 24.3 Å². The maximum absolute atomic E-state index is 12.7. The number of esters is 1. The first kappa shape index (κ1) is 19.6. The Labute approximate surface area is 152 Å². The van der Waals surface area contributed by atoms with Crippen LogP contribution in [0.4, 0.5) is 0 Å². The first-order valence-corrected chi connectivity index (χ1v) is 8.73. The van der Waals surface area contributed by atoms with E-state index in [9.17, 15) is 19.2 Å². The van der Waals surface area contributed by atoms with E-state index in [0.717, 1.165) is 4.90 Å². The summed E-state index contributed by atoms with van der Waals surface area (Å²) in [5.74, 6) is -2.17. The number of ether oxygens (including phenoxy) is 1. The van der Waals surface area contributed by atoms with E-state index in [1.807, 2.05) is 13.8 Å². The van der Waals surface area contributed by atoms with E-state index >= 15 is 0 Å². The van der Waals surface area contributed by atoms with Crippen LogP contribution in [0.2, 0.25) is 0 Å². The molecule has 1 aliphatic rings. The molecule has 1 N–H and O–H groups in total. The van der Waals surface area contributed by atoms with E-state index in [-0.39, 0.29) is 23.5 Å². The van der Waals surface area contributed by atoms with Crippen LogP contribution in [0.5, 0.6) is 0 Å². The number of rotatable bonds is 7. The Morgan fingerprint density at radius 2 is 1.62 bits per heavy atom. The molecule has 140 valence electrons. The minimum Gasteiger partial charge on any atom is -0.451 e. The molecule has 1 aromatic carbocycles. The van der Waals surface area contributed by atoms with Gasteiger partial charge in [-0.05, 0) is 38.3 Å². The van der Waals surface area contributed by atoms with Gasteiger partial charge in [0, 0.05) is 6.54 Å². The number of benzene rings is 1. The van der Waals surface area contributed by atoms with Crippen LogP contribution in [0.3, 0.4) is 0 Å². The van der Waals surface area contributed by atoms with Crippen molar-refractivity contribution in [3.63, 3.8) is 0 Å². The predicted molar refractivity (Wildman–Crippen MR) is 94.4 cm³/mol. The van der Waals surface area contributed by atoms with Crippen LogP contribution in [-0.4, -0.2) is 47.3 Å². The normalized spacial score (nSPS) is 15.7. The van der Waals surface area contributed by atoms with Crippen LogP contribution in [0.25, 0.3) is 0 Å². The molecule has 0 unspecified atom stereocenters. The Morgan fingerprint density at radius 3 is 2.08 bits per heavy atom. The summed E-state index contributed by atoms with van der Waals surface area (Å²) in [6.07, 6.45) is -0.751. The number of likely N-dealkylation sites (N-methyl/N-ethyl adjacent to an activating group) is 1. The number of hydrogen-bond donors (Lipinski definition) is 1. The van der Waals surface area contributed by atoms with Crippen molar-refractivity contribution in [1.29, 1.82) is 0 Å². The molecule has 7 nitrogen and oxygen atoms in total. The largest absolute Gasteiger partial charge is 0.451 e. The highest BCUT2D eigenvalue weighted by molar-refractivity contribution is 6.22. The molecular formula is C19H24N2O5. The third kappa shape index (κ3) is 3.92. The number of fused-ring (bicyclic) bond motifs is 1. The van der Waals surface area contributed by atoms with E-state index in [0.29, 0.717) is 6.54 Å². The van der Waals surface area contributed by atoms with Crippen molar-refractivity contribution in [2.24, 2.45) is 5.92 Å². The lowest BCUT2D eigenvalue weighted by Gasteiger charge is -2.27. The van der Waals surface area contributed by atoms with Gasteiger partial charge in [0.1, 0.15) is 6.04 Å². The summed E-state index contributed by atoms with van der Waals surface area (Å²) in [4.78, 5) is 50.8. The van der Waals surface area contributed by atoms with Gasteiger partial charge >= 0.3 is 5.97 Å². The van der Waals surface area contributed by atoms with Crippen LogP contribution in [0.1, 0.15) is 54.8 Å². The fourth-order valence-corrected chi connectivity index (χ4v) is 2.87. The van der Waals surface area contributed by atoms with Gasteiger partial charge in [0.25, 0.3) is 17.7 Å². The number of imide groups is 1. The van der Waals surface area contributed by atoms with Crippen molar-refractivity contribution < 1.29 is 23.9 Å². The summed E-state index contributed by atoms with van der Waals surface area (Å²) in [6.45, 7) is 7.39. The zero-order chi connectivity index (χ0) is 19.4. The molecule has 2 atom stereocenters. The molecule has 0 fully saturated rings. The molecule has 0 bridgehead atoms. The maximum Gasteiger partial charge on any atom is 0.330 e. The Morgan fingerprint density at radius 1 is 1.08 bits per heavy atom. The standard InChI is InChI=1S/C19H24N2O5/c1-5-20-16(22)12(4)26-19(25)15(10-11(2)3)21-17(23)13-8-6-7-9-14(13)18(21)24/h6-9,11-12,15H,5,10H2,1-4H3,(H,20,22)/t12-,15+/m0/s1. The van der Waals surface area contributed by atoms with E-state index in [4.69, 9.17) is 4.74 Å². The van der Waals surface area contributed by atoms with Crippen molar-refractivity contribution in [3.05, 3.63) is 35.4 Å². The maximum atomic E-state index is 12.7. The molecule has 0 spiro atoms. The van der Waals surface area contributed by atoms with Crippen LogP contribution < -0.4 is 5.32 Å². The fourth-order valence-electron chi connectivity index (χ4n) is 2.87. The monoisotopic (exact) mass is 360 g/mol. The number of nitrogens with zero attached hydrogens (tertiary/aromatic N) is 1. The lowest BCUT2D eigenvalue weighted by molar-refractivity contribution is -0.158. The van der Waals surface area contributed by atoms with Gasteiger partial charge in [0.2, 0.25) is 0 Å². The van der Waals surface area contributed by atoms with Gasteiger partial charge in [-0.15, -0.1) is 0 Å². The molecule has 0 saturated carbocycles. The van der Waals surface area contributed by atoms with Crippen molar-refractivity contribution in [1.82, 2.24) is 10.2 Å². The van der Waals surface area contributed by atoms with Crippen molar-refractivity contribution >= 4 is 23.7 Å². The van der Waals surface area contributed by atoms with Gasteiger partial charge in [-0.25, -0.2) is 4.79 Å². The minimum absolute atomic E-state index is 0.0386. The average molecular weight is 360 g/mol. The number of carbonyl (C=O) groups excluding carboxylic acids is 4. The Kier molecular flexibility index (Phi) is 6.13. The van der Waals surface area contributed by atoms with Gasteiger partial charge in [0.15, 0.2) is 6.10 Å². The van der Waals surface area contributed by atoms with E-state index in [1.54, 1.807) is 31.2 Å². The minimum atomic E-state index is -1.07. The van der Waals surface area contributed by atoms with E-state index < -0.39 is 35.8 Å². The fraction of sp³-hybridized carbons (Fsp3) is 0.474. The summed E-state index contributed by atoms with van der Waals surface area (Å²) in [6, 6.07) is 5.38. The summed E-state index contributed by atoms with van der Waals surface area (Å²) in [7, 11) is 0. The highest BCUT2D eigenvalue weighted by atomic mass is 16.5. The lowest BCUT2D eigenvalue weighted by Crippen LogP contribution is -2.48. The van der Waals surface area contributed by atoms with Crippen molar-refractivity contribution in [3.8, 4) is 0 Å². The molecule has 0 aromatic heterocycles. The number of hydrogen-bond acceptors (Lipinski definition) is 5. The van der Waals surface area contributed by atoms with E-state index in [2.05, 4.69) is 5.32 Å². The molecule has 1 heterocycles. The lowest BCUT2D eigenvalue weighted by atomic mass is 10.0. The summed E-state index contributed by atoms with van der Waals surface area (Å²) < 4.78 is 5.24. The van der Waals surface area contributed by atoms with Gasteiger partial charge in [-0.2, -0.15) is 0 Å². The van der Waals surface area contributed by atoms with Crippen molar-refractivity contribution in [2.75, 3.05) is 6.54 Å². The van der Waals surface area contributed by atoms with Crippen LogP contribution in [-0.2, 0) is 14.3 Å². The van der Waals surface area contributed by atoms with Gasteiger partial charge in [-0.1, -0.05) is 26.0 Å². The first-order chi connectivity index (χ1) is 12.3.